The van der Waals surface area contributed by atoms with Gasteiger partial charge in [0.25, 0.3) is 0 Å². The summed E-state index contributed by atoms with van der Waals surface area (Å²) in [7, 11) is 1.72. The van der Waals surface area contributed by atoms with Gasteiger partial charge in [0.05, 0.1) is 6.04 Å². The zero-order valence-electron chi connectivity index (χ0n) is 14.5. The molecular formula is C16H33N3O3. The third-order valence-electron chi connectivity index (χ3n) is 3.15. The van der Waals surface area contributed by atoms with E-state index in [2.05, 4.69) is 10.6 Å². The number of hydrogen-bond donors (Lipinski definition) is 3. The van der Waals surface area contributed by atoms with E-state index in [1.54, 1.807) is 7.05 Å². The molecule has 1 unspecified atom stereocenters. The summed E-state index contributed by atoms with van der Waals surface area (Å²) in [5, 5.41) is 5.84. The molecule has 6 nitrogen and oxygen atoms in total. The lowest BCUT2D eigenvalue weighted by atomic mass is 10.1. The zero-order chi connectivity index (χ0) is 17.0. The van der Waals surface area contributed by atoms with Gasteiger partial charge in [0.2, 0.25) is 5.91 Å². The Labute approximate surface area is 134 Å². The number of carbonyl (C=O) groups excluding carboxylic acids is 2. The number of hydrogen-bond acceptors (Lipinski definition) is 5. The van der Waals surface area contributed by atoms with Crippen LogP contribution >= 0.6 is 0 Å². The first kappa shape index (κ1) is 20.9. The van der Waals surface area contributed by atoms with E-state index >= 15 is 0 Å². The maximum absolute atomic E-state index is 12.0. The quantitative estimate of drug-likeness (QED) is 0.395. The summed E-state index contributed by atoms with van der Waals surface area (Å²) in [5.74, 6) is -0.341. The summed E-state index contributed by atoms with van der Waals surface area (Å²) in [4.78, 5) is 23.7. The molecule has 0 aromatic heterocycles. The van der Waals surface area contributed by atoms with Crippen LogP contribution in [-0.2, 0) is 14.3 Å². The van der Waals surface area contributed by atoms with Gasteiger partial charge in [-0.15, -0.1) is 0 Å². The van der Waals surface area contributed by atoms with E-state index in [1.165, 1.54) is 0 Å². The molecule has 0 heterocycles. The number of unbranched alkanes of at least 4 members (excludes halogenated alkanes) is 3. The maximum atomic E-state index is 12.0. The molecule has 0 bridgehead atoms. The van der Waals surface area contributed by atoms with Gasteiger partial charge in [-0.25, -0.2) is 0 Å². The molecule has 0 fully saturated rings. The number of carbonyl (C=O) groups is 2. The highest BCUT2D eigenvalue weighted by molar-refractivity contribution is 5.82. The summed E-state index contributed by atoms with van der Waals surface area (Å²) >= 11 is 0. The van der Waals surface area contributed by atoms with Crippen molar-refractivity contribution in [2.45, 2.75) is 70.9 Å². The third kappa shape index (κ3) is 11.5. The summed E-state index contributed by atoms with van der Waals surface area (Å²) < 4.78 is 5.24. The van der Waals surface area contributed by atoms with Crippen LogP contribution in [0.25, 0.3) is 0 Å². The zero-order valence-corrected chi connectivity index (χ0v) is 14.5. The second-order valence-corrected chi connectivity index (χ2v) is 6.46. The minimum absolute atomic E-state index is 0.0649. The molecule has 1 amide bonds. The Morgan fingerprint density at radius 3 is 2.32 bits per heavy atom. The van der Waals surface area contributed by atoms with Gasteiger partial charge < -0.3 is 21.1 Å². The molecule has 22 heavy (non-hydrogen) atoms. The maximum Gasteiger partial charge on any atom is 0.306 e. The average Bonchev–Trinajstić information content (AvgIpc) is 2.41. The summed E-state index contributed by atoms with van der Waals surface area (Å²) in [6.45, 7) is 6.88. The highest BCUT2D eigenvalue weighted by Gasteiger charge is 2.20. The van der Waals surface area contributed by atoms with E-state index in [4.69, 9.17) is 10.5 Å². The highest BCUT2D eigenvalue weighted by Crippen LogP contribution is 2.10. The van der Waals surface area contributed by atoms with Gasteiger partial charge in [-0.05, 0) is 53.6 Å². The Morgan fingerprint density at radius 1 is 1.14 bits per heavy atom. The van der Waals surface area contributed by atoms with Crippen molar-refractivity contribution in [3.8, 4) is 0 Å². The molecule has 130 valence electrons. The second kappa shape index (κ2) is 11.4. The Bertz CT molecular complexity index is 327. The van der Waals surface area contributed by atoms with Crippen molar-refractivity contribution in [1.82, 2.24) is 10.6 Å². The van der Waals surface area contributed by atoms with Crippen LogP contribution in [-0.4, -0.2) is 43.7 Å². The molecule has 0 aliphatic rings. The molecule has 0 aromatic rings. The smallest absolute Gasteiger partial charge is 0.306 e. The lowest BCUT2D eigenvalue weighted by molar-refractivity contribution is -0.155. The number of esters is 1. The fourth-order valence-corrected chi connectivity index (χ4v) is 2.02. The predicted molar refractivity (Wildman–Crippen MR) is 88.5 cm³/mol. The van der Waals surface area contributed by atoms with Crippen molar-refractivity contribution >= 4 is 11.9 Å². The van der Waals surface area contributed by atoms with Crippen molar-refractivity contribution in [2.24, 2.45) is 5.73 Å². The van der Waals surface area contributed by atoms with Crippen LogP contribution in [0.4, 0.5) is 0 Å². The van der Waals surface area contributed by atoms with Gasteiger partial charge in [0.1, 0.15) is 5.60 Å². The van der Waals surface area contributed by atoms with Crippen LogP contribution in [0.15, 0.2) is 0 Å². The lowest BCUT2D eigenvalue weighted by Gasteiger charge is -2.21. The van der Waals surface area contributed by atoms with Crippen LogP contribution in [0.5, 0.6) is 0 Å². The normalized spacial score (nSPS) is 12.8. The standard InChI is InChI=1S/C16H33N3O3/c1-16(2,3)22-14(20)10-9-13(18-4)15(21)19-12-8-6-5-7-11-17/h13,18H,5-12,17H2,1-4H3,(H,19,21). The SMILES string of the molecule is CNC(CCC(=O)OC(C)(C)C)C(=O)NCCCCCCN. The Hall–Kier alpha value is -1.14. The fourth-order valence-electron chi connectivity index (χ4n) is 2.02. The molecule has 6 heteroatoms. The topological polar surface area (TPSA) is 93.4 Å². The minimum Gasteiger partial charge on any atom is -0.460 e. The van der Waals surface area contributed by atoms with E-state index in [-0.39, 0.29) is 24.3 Å². The molecule has 0 aromatic carbocycles. The molecular weight excluding hydrogens is 282 g/mol. The molecule has 0 saturated carbocycles. The van der Waals surface area contributed by atoms with Crippen molar-refractivity contribution in [2.75, 3.05) is 20.1 Å². The molecule has 4 N–H and O–H groups in total. The van der Waals surface area contributed by atoms with Crippen LogP contribution in [0.2, 0.25) is 0 Å². The van der Waals surface area contributed by atoms with E-state index < -0.39 is 5.60 Å². The number of nitrogens with one attached hydrogen (secondary N) is 2. The number of amides is 1. The number of ether oxygens (including phenoxy) is 1. The molecule has 1 atom stereocenters. The molecule has 0 radical (unpaired) electrons. The van der Waals surface area contributed by atoms with Crippen LogP contribution in [0.3, 0.4) is 0 Å². The average molecular weight is 315 g/mol. The number of likely N-dealkylation sites (N-methyl/N-ethyl adjacent to an activating group) is 1. The van der Waals surface area contributed by atoms with Crippen LogP contribution in [0, 0.1) is 0 Å². The first-order chi connectivity index (χ1) is 10.3. The van der Waals surface area contributed by atoms with E-state index in [0.29, 0.717) is 13.0 Å². The summed E-state index contributed by atoms with van der Waals surface area (Å²) in [6.07, 6.45) is 4.81. The van der Waals surface area contributed by atoms with E-state index in [1.807, 2.05) is 20.8 Å². The Morgan fingerprint density at radius 2 is 1.77 bits per heavy atom. The van der Waals surface area contributed by atoms with E-state index in [0.717, 1.165) is 32.2 Å². The molecule has 0 rings (SSSR count). The van der Waals surface area contributed by atoms with Gasteiger partial charge in [-0.3, -0.25) is 9.59 Å². The van der Waals surface area contributed by atoms with Gasteiger partial charge in [-0.1, -0.05) is 12.8 Å². The van der Waals surface area contributed by atoms with Crippen LogP contribution < -0.4 is 16.4 Å². The molecule has 0 saturated heterocycles. The molecule has 0 spiro atoms. The predicted octanol–water partition coefficient (Wildman–Crippen LogP) is 1.33. The fraction of sp³-hybridized carbons (Fsp3) is 0.875. The second-order valence-electron chi connectivity index (χ2n) is 6.46. The first-order valence-corrected chi connectivity index (χ1v) is 8.17. The van der Waals surface area contributed by atoms with Gasteiger partial charge in [0.15, 0.2) is 0 Å². The molecule has 0 aliphatic heterocycles. The number of rotatable bonds is 11. The minimum atomic E-state index is -0.488. The largest absolute Gasteiger partial charge is 0.460 e. The Kier molecular flexibility index (Phi) is 10.8. The summed E-state index contributed by atoms with van der Waals surface area (Å²) in [6, 6.07) is -0.364. The lowest BCUT2D eigenvalue weighted by Crippen LogP contribution is -2.43. The Balaban J connectivity index is 3.92. The molecule has 0 aliphatic carbocycles. The van der Waals surface area contributed by atoms with Crippen molar-refractivity contribution in [3.05, 3.63) is 0 Å². The highest BCUT2D eigenvalue weighted by atomic mass is 16.6. The van der Waals surface area contributed by atoms with Crippen molar-refractivity contribution in [1.29, 1.82) is 0 Å². The monoisotopic (exact) mass is 315 g/mol. The van der Waals surface area contributed by atoms with E-state index in [9.17, 15) is 9.59 Å². The third-order valence-corrected chi connectivity index (χ3v) is 3.15. The van der Waals surface area contributed by atoms with Crippen LogP contribution in [0.1, 0.15) is 59.3 Å². The van der Waals surface area contributed by atoms with Gasteiger partial charge in [0, 0.05) is 13.0 Å². The van der Waals surface area contributed by atoms with Gasteiger partial charge >= 0.3 is 5.97 Å². The first-order valence-electron chi connectivity index (χ1n) is 8.17. The van der Waals surface area contributed by atoms with Crippen molar-refractivity contribution in [3.63, 3.8) is 0 Å². The summed E-state index contributed by atoms with van der Waals surface area (Å²) in [5.41, 5.74) is 4.94. The van der Waals surface area contributed by atoms with Gasteiger partial charge in [-0.2, -0.15) is 0 Å². The van der Waals surface area contributed by atoms with Crippen molar-refractivity contribution < 1.29 is 14.3 Å². The number of nitrogens with two attached hydrogens (primary N) is 1.